The summed E-state index contributed by atoms with van der Waals surface area (Å²) in [7, 11) is 0. The monoisotopic (exact) mass is 357 g/mol. The second-order valence-corrected chi connectivity index (χ2v) is 7.01. The predicted molar refractivity (Wildman–Crippen MR) is 98.8 cm³/mol. The van der Waals surface area contributed by atoms with Crippen molar-refractivity contribution in [2.75, 3.05) is 6.54 Å². The maximum atomic E-state index is 12.0. The molecule has 2 aromatic rings. The number of rotatable bonds is 7. The third-order valence-corrected chi connectivity index (χ3v) is 4.92. The molecule has 1 aromatic carbocycles. The molecule has 2 N–H and O–H groups in total. The van der Waals surface area contributed by atoms with Crippen LogP contribution in [-0.2, 0) is 11.3 Å². The molecule has 1 aromatic heterocycles. The summed E-state index contributed by atoms with van der Waals surface area (Å²) in [5.74, 6) is 0.808. The van der Waals surface area contributed by atoms with Crippen molar-refractivity contribution in [1.29, 1.82) is 0 Å². The van der Waals surface area contributed by atoms with Gasteiger partial charge in [-0.15, -0.1) is 0 Å². The number of aromatic nitrogens is 2. The summed E-state index contributed by atoms with van der Waals surface area (Å²) in [4.78, 5) is 16.0. The zero-order valence-electron chi connectivity index (χ0n) is 15.2. The molecule has 0 bridgehead atoms. The highest BCUT2D eigenvalue weighted by molar-refractivity contribution is 5.75. The van der Waals surface area contributed by atoms with Gasteiger partial charge in [-0.05, 0) is 43.9 Å². The summed E-state index contributed by atoms with van der Waals surface area (Å²) in [6, 6.07) is 7.87. The van der Waals surface area contributed by atoms with Crippen LogP contribution in [0.15, 0.2) is 43.0 Å². The van der Waals surface area contributed by atoms with Crippen molar-refractivity contribution in [1.82, 2.24) is 14.9 Å². The Bertz CT molecular complexity index is 702. The van der Waals surface area contributed by atoms with Crippen LogP contribution in [0.3, 0.4) is 0 Å². The van der Waals surface area contributed by atoms with Crippen molar-refractivity contribution < 1.29 is 14.6 Å². The third kappa shape index (κ3) is 5.08. The molecule has 6 heteroatoms. The molecular formula is C20H27N3O3. The Morgan fingerprint density at radius 2 is 2.31 bits per heavy atom. The minimum Gasteiger partial charge on any atom is -0.488 e. The van der Waals surface area contributed by atoms with Crippen LogP contribution in [-0.4, -0.2) is 39.3 Å². The van der Waals surface area contributed by atoms with Gasteiger partial charge in [-0.1, -0.05) is 12.1 Å². The van der Waals surface area contributed by atoms with E-state index in [4.69, 9.17) is 4.74 Å². The van der Waals surface area contributed by atoms with Gasteiger partial charge < -0.3 is 19.7 Å². The molecule has 1 saturated carbocycles. The van der Waals surface area contributed by atoms with Gasteiger partial charge in [0.05, 0.1) is 12.4 Å². The van der Waals surface area contributed by atoms with Gasteiger partial charge in [0, 0.05) is 37.8 Å². The smallest absolute Gasteiger partial charge is 0.221 e. The van der Waals surface area contributed by atoms with Crippen LogP contribution in [0.2, 0.25) is 0 Å². The number of aliphatic hydroxyl groups is 1. The van der Waals surface area contributed by atoms with Gasteiger partial charge in [0.15, 0.2) is 0 Å². The highest BCUT2D eigenvalue weighted by Gasteiger charge is 2.33. The Hall–Kier alpha value is -2.34. The highest BCUT2D eigenvalue weighted by atomic mass is 16.5. The number of benzene rings is 1. The fourth-order valence-electron chi connectivity index (χ4n) is 3.42. The van der Waals surface area contributed by atoms with Crippen molar-refractivity contribution in [3.05, 3.63) is 48.5 Å². The number of aryl methyl sites for hydroxylation is 2. The first-order chi connectivity index (χ1) is 12.6. The molecule has 0 radical (unpaired) electrons. The Kier molecular flexibility index (Phi) is 6.28. The minimum absolute atomic E-state index is 0.00683. The first-order valence-corrected chi connectivity index (χ1v) is 9.25. The molecule has 0 spiro atoms. The van der Waals surface area contributed by atoms with Crippen molar-refractivity contribution in [3.8, 4) is 5.75 Å². The molecule has 140 valence electrons. The molecular weight excluding hydrogens is 330 g/mol. The van der Waals surface area contributed by atoms with Crippen molar-refractivity contribution in [2.24, 2.45) is 5.92 Å². The number of carbonyl (C=O) groups excluding carboxylic acids is 1. The number of nitrogens with zero attached hydrogens (tertiary/aromatic N) is 2. The van der Waals surface area contributed by atoms with Crippen LogP contribution in [0.4, 0.5) is 0 Å². The molecule has 3 rings (SSSR count). The number of nitrogens with one attached hydrogen (secondary N) is 1. The number of carbonyl (C=O) groups is 1. The van der Waals surface area contributed by atoms with Crippen LogP contribution in [0.1, 0.15) is 31.2 Å². The lowest BCUT2D eigenvalue weighted by atomic mass is 9.84. The molecule has 3 atom stereocenters. The lowest BCUT2D eigenvalue weighted by molar-refractivity contribution is -0.122. The molecule has 1 fully saturated rings. The van der Waals surface area contributed by atoms with E-state index in [9.17, 15) is 9.90 Å². The summed E-state index contributed by atoms with van der Waals surface area (Å²) in [5.41, 5.74) is 1.13. The van der Waals surface area contributed by atoms with Gasteiger partial charge in [-0.2, -0.15) is 0 Å². The van der Waals surface area contributed by atoms with Crippen LogP contribution in [0.5, 0.6) is 5.75 Å². The lowest BCUT2D eigenvalue weighted by Crippen LogP contribution is -2.45. The van der Waals surface area contributed by atoms with Crippen LogP contribution < -0.4 is 10.1 Å². The molecule has 6 nitrogen and oxygen atoms in total. The van der Waals surface area contributed by atoms with Gasteiger partial charge in [-0.3, -0.25) is 4.79 Å². The number of amides is 1. The molecule has 1 aliphatic carbocycles. The molecule has 1 amide bonds. The number of ether oxygens (including phenoxy) is 1. The number of imidazole rings is 1. The zero-order chi connectivity index (χ0) is 18.4. The quantitative estimate of drug-likeness (QED) is 0.797. The summed E-state index contributed by atoms with van der Waals surface area (Å²) in [6.45, 7) is 3.11. The van der Waals surface area contributed by atoms with Gasteiger partial charge in [0.1, 0.15) is 11.9 Å². The summed E-state index contributed by atoms with van der Waals surface area (Å²) >= 11 is 0. The Morgan fingerprint density at radius 3 is 3.08 bits per heavy atom. The predicted octanol–water partition coefficient (Wildman–Crippen LogP) is 2.31. The van der Waals surface area contributed by atoms with E-state index in [2.05, 4.69) is 10.3 Å². The summed E-state index contributed by atoms with van der Waals surface area (Å²) in [6.07, 6.45) is 7.57. The van der Waals surface area contributed by atoms with Gasteiger partial charge >= 0.3 is 0 Å². The molecule has 0 unspecified atom stereocenters. The van der Waals surface area contributed by atoms with E-state index in [1.165, 1.54) is 0 Å². The first kappa shape index (κ1) is 18.5. The normalized spacial score (nSPS) is 22.8. The van der Waals surface area contributed by atoms with Gasteiger partial charge in [0.25, 0.3) is 0 Å². The van der Waals surface area contributed by atoms with Crippen molar-refractivity contribution in [2.45, 2.75) is 51.4 Å². The molecule has 1 aliphatic rings. The summed E-state index contributed by atoms with van der Waals surface area (Å²) in [5, 5.41) is 13.6. The van der Waals surface area contributed by atoms with Crippen LogP contribution in [0.25, 0.3) is 0 Å². The minimum atomic E-state index is -0.571. The summed E-state index contributed by atoms with van der Waals surface area (Å²) < 4.78 is 7.88. The zero-order valence-corrected chi connectivity index (χ0v) is 15.2. The van der Waals surface area contributed by atoms with E-state index in [0.29, 0.717) is 19.5 Å². The Labute approximate surface area is 154 Å². The largest absolute Gasteiger partial charge is 0.488 e. The second kappa shape index (κ2) is 8.85. The van der Waals surface area contributed by atoms with Crippen molar-refractivity contribution >= 4 is 5.91 Å². The Morgan fingerprint density at radius 1 is 1.42 bits per heavy atom. The van der Waals surface area contributed by atoms with E-state index in [1.54, 1.807) is 12.5 Å². The fourth-order valence-corrected chi connectivity index (χ4v) is 3.42. The van der Waals surface area contributed by atoms with Gasteiger partial charge in [0.2, 0.25) is 5.91 Å². The molecule has 26 heavy (non-hydrogen) atoms. The third-order valence-electron chi connectivity index (χ3n) is 4.92. The number of hydrogen-bond acceptors (Lipinski definition) is 4. The number of aliphatic hydroxyl groups excluding tert-OH is 1. The Balaban J connectivity index is 1.46. The van der Waals surface area contributed by atoms with E-state index in [0.717, 1.165) is 30.6 Å². The van der Waals surface area contributed by atoms with Crippen LogP contribution >= 0.6 is 0 Å². The van der Waals surface area contributed by atoms with Crippen molar-refractivity contribution in [3.63, 3.8) is 0 Å². The molecule has 0 saturated heterocycles. The lowest BCUT2D eigenvalue weighted by Gasteiger charge is -2.35. The van der Waals surface area contributed by atoms with E-state index < -0.39 is 6.10 Å². The van der Waals surface area contributed by atoms with E-state index in [1.807, 2.05) is 42.0 Å². The van der Waals surface area contributed by atoms with E-state index >= 15 is 0 Å². The maximum absolute atomic E-state index is 12.0. The maximum Gasteiger partial charge on any atom is 0.221 e. The van der Waals surface area contributed by atoms with Crippen LogP contribution in [0, 0.1) is 12.8 Å². The standard InChI is InChI=1S/C20H27N3O3/c1-15-4-2-6-17(12-15)26-18-7-3-5-16(20(18)25)13-22-19(24)8-10-23-11-9-21-14-23/h2,4,6,9,11-12,14,16,18,20,25H,3,5,7-8,10,13H2,1H3,(H,22,24)/t16-,18-,20-/m1/s1. The fraction of sp³-hybridized carbons (Fsp3) is 0.500. The average Bonchev–Trinajstić information content (AvgIpc) is 3.14. The molecule has 0 aliphatic heterocycles. The van der Waals surface area contributed by atoms with Gasteiger partial charge in [-0.25, -0.2) is 4.98 Å². The first-order valence-electron chi connectivity index (χ1n) is 9.25. The van der Waals surface area contributed by atoms with E-state index in [-0.39, 0.29) is 17.9 Å². The SMILES string of the molecule is Cc1cccc(O[C@@H]2CCC[C@H](CNC(=O)CCn3ccnc3)[C@H]2O)c1. The topological polar surface area (TPSA) is 76.4 Å². The highest BCUT2D eigenvalue weighted by Crippen LogP contribution is 2.28. The molecule has 1 heterocycles. The second-order valence-electron chi connectivity index (χ2n) is 7.01. The number of hydrogen-bond donors (Lipinski definition) is 2. The average molecular weight is 357 g/mol.